The maximum absolute atomic E-state index is 12.6. The molecule has 0 bridgehead atoms. The minimum atomic E-state index is 0.0709. The monoisotopic (exact) mass is 372 g/mol. The topological polar surface area (TPSA) is 29.3 Å². The summed E-state index contributed by atoms with van der Waals surface area (Å²) in [5.74, 6) is 0. The number of nitrogens with zero attached hydrogens (tertiary/aromatic N) is 2. The lowest BCUT2D eigenvalue weighted by molar-refractivity contribution is -0.472. The largest absolute Gasteiger partial charge is 0.624 e. The van der Waals surface area contributed by atoms with Crippen molar-refractivity contribution < 1.29 is 4.74 Å². The van der Waals surface area contributed by atoms with E-state index in [1.807, 2.05) is 48.7 Å². The van der Waals surface area contributed by atoms with E-state index in [2.05, 4.69) is 60.4 Å². The van der Waals surface area contributed by atoms with Crippen molar-refractivity contribution in [3.63, 3.8) is 0 Å². The van der Waals surface area contributed by atoms with Crippen LogP contribution in [0.2, 0.25) is 0 Å². The summed E-state index contributed by atoms with van der Waals surface area (Å²) in [6.45, 7) is 4.14. The molecule has 0 aliphatic carbocycles. The molecule has 3 rings (SSSR count). The normalized spacial score (nSPS) is 12.9. The molecule has 0 spiro atoms. The van der Waals surface area contributed by atoms with E-state index in [9.17, 15) is 5.21 Å². The van der Waals surface area contributed by atoms with E-state index in [1.54, 1.807) is 0 Å². The lowest BCUT2D eigenvalue weighted by Crippen LogP contribution is -2.37. The number of hydroxylamine groups is 1. The first kappa shape index (κ1) is 19.8. The second kappa shape index (κ2) is 10.4. The van der Waals surface area contributed by atoms with Crippen LogP contribution in [0.4, 0.5) is 0 Å². The van der Waals surface area contributed by atoms with Gasteiger partial charge in [-0.1, -0.05) is 97.9 Å². The van der Waals surface area contributed by atoms with Gasteiger partial charge in [0.05, 0.1) is 6.04 Å². The highest BCUT2D eigenvalue weighted by Gasteiger charge is 2.19. The van der Waals surface area contributed by atoms with Crippen molar-refractivity contribution in [2.24, 2.45) is 0 Å². The lowest BCUT2D eigenvalue weighted by Gasteiger charge is -2.28. The van der Waals surface area contributed by atoms with E-state index in [-0.39, 0.29) is 6.04 Å². The maximum Gasteiger partial charge on any atom is 0.178 e. The standard InChI is InChI=1S/C25H28N2O/c1-2-25(21-27(28)20-24-16-10-5-11-17-24)26(18-22-12-6-3-7-13-22)19-23-14-8-4-9-15-23/h3-17,21,25H,2,18-20H2,1H3/b27-21-/t25-/m0/s1. The molecule has 28 heavy (non-hydrogen) atoms. The molecule has 3 nitrogen and oxygen atoms in total. The summed E-state index contributed by atoms with van der Waals surface area (Å²) in [4.78, 5) is 2.38. The predicted molar refractivity (Wildman–Crippen MR) is 116 cm³/mol. The quantitative estimate of drug-likeness (QED) is 0.222. The first-order valence-corrected chi connectivity index (χ1v) is 9.89. The van der Waals surface area contributed by atoms with Crippen molar-refractivity contribution in [3.05, 3.63) is 113 Å². The Morgan fingerprint density at radius 2 is 1.18 bits per heavy atom. The number of hydrogen-bond acceptors (Lipinski definition) is 2. The minimum absolute atomic E-state index is 0.0709. The predicted octanol–water partition coefficient (Wildman–Crippen LogP) is 5.25. The van der Waals surface area contributed by atoms with Crippen LogP contribution in [-0.2, 0) is 19.6 Å². The first-order chi connectivity index (χ1) is 13.7. The van der Waals surface area contributed by atoms with Gasteiger partial charge in [-0.15, -0.1) is 0 Å². The molecule has 144 valence electrons. The molecular formula is C25H28N2O. The third-order valence-corrected chi connectivity index (χ3v) is 4.86. The van der Waals surface area contributed by atoms with Crippen LogP contribution in [0.25, 0.3) is 0 Å². The van der Waals surface area contributed by atoms with E-state index >= 15 is 0 Å². The third-order valence-electron chi connectivity index (χ3n) is 4.86. The van der Waals surface area contributed by atoms with Crippen molar-refractivity contribution in [3.8, 4) is 0 Å². The van der Waals surface area contributed by atoms with Crippen molar-refractivity contribution in [1.82, 2.24) is 4.90 Å². The Labute approximate surface area is 168 Å². The van der Waals surface area contributed by atoms with Crippen molar-refractivity contribution in [1.29, 1.82) is 0 Å². The Morgan fingerprint density at radius 3 is 1.61 bits per heavy atom. The second-order valence-corrected chi connectivity index (χ2v) is 7.06. The molecule has 3 aromatic carbocycles. The Kier molecular flexibility index (Phi) is 7.39. The van der Waals surface area contributed by atoms with Crippen LogP contribution in [-0.4, -0.2) is 21.9 Å². The van der Waals surface area contributed by atoms with Crippen LogP contribution < -0.4 is 0 Å². The van der Waals surface area contributed by atoms with Crippen LogP contribution in [0.3, 0.4) is 0 Å². The van der Waals surface area contributed by atoms with Gasteiger partial charge in [0.1, 0.15) is 0 Å². The van der Waals surface area contributed by atoms with Crippen molar-refractivity contribution in [2.75, 3.05) is 0 Å². The molecule has 0 saturated carbocycles. The van der Waals surface area contributed by atoms with Gasteiger partial charge in [-0.2, -0.15) is 0 Å². The lowest BCUT2D eigenvalue weighted by atomic mass is 10.1. The van der Waals surface area contributed by atoms with Crippen LogP contribution in [0.1, 0.15) is 30.0 Å². The van der Waals surface area contributed by atoms with Crippen LogP contribution in [0, 0.1) is 5.21 Å². The third kappa shape index (κ3) is 6.07. The molecule has 0 unspecified atom stereocenters. The van der Waals surface area contributed by atoms with Crippen molar-refractivity contribution >= 4 is 6.21 Å². The smallest absolute Gasteiger partial charge is 0.178 e. The fourth-order valence-corrected chi connectivity index (χ4v) is 3.39. The summed E-state index contributed by atoms with van der Waals surface area (Å²) in [5, 5.41) is 12.6. The molecular weight excluding hydrogens is 344 g/mol. The average Bonchev–Trinajstić information content (AvgIpc) is 2.74. The van der Waals surface area contributed by atoms with E-state index in [4.69, 9.17) is 0 Å². The van der Waals surface area contributed by atoms with Crippen molar-refractivity contribution in [2.45, 2.75) is 39.0 Å². The Hall–Kier alpha value is -2.91. The Balaban J connectivity index is 1.79. The fourth-order valence-electron chi connectivity index (χ4n) is 3.39. The fraction of sp³-hybridized carbons (Fsp3) is 0.240. The summed E-state index contributed by atoms with van der Waals surface area (Å²) in [6.07, 6.45) is 2.71. The molecule has 3 heteroatoms. The molecule has 1 atom stereocenters. The van der Waals surface area contributed by atoms with Gasteiger partial charge in [0.2, 0.25) is 0 Å². The van der Waals surface area contributed by atoms with Gasteiger partial charge in [0, 0.05) is 18.7 Å². The summed E-state index contributed by atoms with van der Waals surface area (Å²) in [7, 11) is 0. The van der Waals surface area contributed by atoms with Gasteiger partial charge >= 0.3 is 0 Å². The summed E-state index contributed by atoms with van der Waals surface area (Å²) in [5.41, 5.74) is 3.54. The van der Waals surface area contributed by atoms with Gasteiger partial charge in [-0.05, 0) is 17.5 Å². The summed E-state index contributed by atoms with van der Waals surface area (Å²) < 4.78 is 1.08. The van der Waals surface area contributed by atoms with Gasteiger partial charge < -0.3 is 5.21 Å². The summed E-state index contributed by atoms with van der Waals surface area (Å²) in [6, 6.07) is 30.9. The maximum atomic E-state index is 12.6. The zero-order valence-corrected chi connectivity index (χ0v) is 16.4. The zero-order valence-electron chi connectivity index (χ0n) is 16.4. The number of benzene rings is 3. The van der Waals surface area contributed by atoms with Gasteiger partial charge in [-0.3, -0.25) is 4.90 Å². The molecule has 0 heterocycles. The zero-order chi connectivity index (χ0) is 19.6. The van der Waals surface area contributed by atoms with Crippen LogP contribution in [0.5, 0.6) is 0 Å². The first-order valence-electron chi connectivity index (χ1n) is 9.89. The highest BCUT2D eigenvalue weighted by molar-refractivity contribution is 5.59. The molecule has 0 N–H and O–H groups in total. The van der Waals surface area contributed by atoms with Gasteiger partial charge in [0.15, 0.2) is 12.8 Å². The highest BCUT2D eigenvalue weighted by Crippen LogP contribution is 2.15. The molecule has 0 aliphatic heterocycles. The molecule has 0 fully saturated rings. The van der Waals surface area contributed by atoms with Crippen LogP contribution in [0.15, 0.2) is 91.0 Å². The van der Waals surface area contributed by atoms with E-state index < -0.39 is 0 Å². The summed E-state index contributed by atoms with van der Waals surface area (Å²) >= 11 is 0. The van der Waals surface area contributed by atoms with Gasteiger partial charge in [-0.25, -0.2) is 4.74 Å². The minimum Gasteiger partial charge on any atom is -0.624 e. The molecule has 3 aromatic rings. The molecule has 0 aliphatic rings. The van der Waals surface area contributed by atoms with Gasteiger partial charge in [0.25, 0.3) is 0 Å². The molecule has 0 saturated heterocycles. The van der Waals surface area contributed by atoms with E-state index in [0.717, 1.165) is 29.8 Å². The van der Waals surface area contributed by atoms with Crippen LogP contribution >= 0.6 is 0 Å². The number of rotatable bonds is 9. The Morgan fingerprint density at radius 1 is 0.750 bits per heavy atom. The molecule has 0 aromatic heterocycles. The SMILES string of the molecule is CC[C@@H](/C=[N+](\[O-])Cc1ccccc1)N(Cc1ccccc1)Cc1ccccc1. The Bertz CT molecular complexity index is 806. The molecule has 0 radical (unpaired) electrons. The molecule has 0 amide bonds. The number of hydrogen-bond donors (Lipinski definition) is 0. The van der Waals surface area contributed by atoms with E-state index in [1.165, 1.54) is 11.1 Å². The average molecular weight is 373 g/mol. The second-order valence-electron chi connectivity index (χ2n) is 7.06. The highest BCUT2D eigenvalue weighted by atomic mass is 16.5. The van der Waals surface area contributed by atoms with E-state index in [0.29, 0.717) is 6.54 Å².